The average Bonchev–Trinajstić information content (AvgIpc) is 3.02. The van der Waals surface area contributed by atoms with Crippen molar-refractivity contribution in [1.29, 1.82) is 5.26 Å². The van der Waals surface area contributed by atoms with Crippen LogP contribution >= 0.6 is 0 Å². The molecule has 1 atom stereocenters. The summed E-state index contributed by atoms with van der Waals surface area (Å²) in [7, 11) is 1.86. The normalized spacial score (nSPS) is 17.6. The standard InChI is InChI=1S/C16H17N5O2/c1-20-9-13(8-18-20)12-3-2-4-14(7-12)19-16(22)15-10-21(11-17)5-6-23-15/h2-4,7-9,15H,5-6,10H2,1H3,(H,19,22). The fourth-order valence-corrected chi connectivity index (χ4v) is 2.47. The number of carbonyl (C=O) groups is 1. The fourth-order valence-electron chi connectivity index (χ4n) is 2.47. The van der Waals surface area contributed by atoms with Crippen LogP contribution in [0.15, 0.2) is 36.7 Å². The van der Waals surface area contributed by atoms with Crippen LogP contribution in [0.5, 0.6) is 0 Å². The zero-order valence-electron chi connectivity index (χ0n) is 12.8. The summed E-state index contributed by atoms with van der Waals surface area (Å²) < 4.78 is 7.17. The minimum absolute atomic E-state index is 0.242. The number of hydrogen-bond donors (Lipinski definition) is 1. The summed E-state index contributed by atoms with van der Waals surface area (Å²) in [6, 6.07) is 7.55. The Kier molecular flexibility index (Phi) is 4.26. The summed E-state index contributed by atoms with van der Waals surface area (Å²) in [6.07, 6.45) is 5.10. The van der Waals surface area contributed by atoms with Gasteiger partial charge >= 0.3 is 0 Å². The van der Waals surface area contributed by atoms with E-state index in [2.05, 4.69) is 10.4 Å². The summed E-state index contributed by atoms with van der Waals surface area (Å²) >= 11 is 0. The van der Waals surface area contributed by atoms with Gasteiger partial charge in [-0.15, -0.1) is 0 Å². The number of nitrogens with one attached hydrogen (secondary N) is 1. The Hall–Kier alpha value is -2.85. The lowest BCUT2D eigenvalue weighted by Crippen LogP contribution is -2.46. The number of benzene rings is 1. The Morgan fingerprint density at radius 3 is 3.09 bits per heavy atom. The molecule has 1 aromatic heterocycles. The van der Waals surface area contributed by atoms with Crippen molar-refractivity contribution in [2.75, 3.05) is 25.0 Å². The van der Waals surface area contributed by atoms with E-state index in [1.165, 1.54) is 4.90 Å². The van der Waals surface area contributed by atoms with E-state index < -0.39 is 6.10 Å². The van der Waals surface area contributed by atoms with Crippen molar-refractivity contribution >= 4 is 11.6 Å². The molecule has 0 aliphatic carbocycles. The second kappa shape index (κ2) is 6.50. The number of nitriles is 1. The maximum atomic E-state index is 12.3. The first kappa shape index (κ1) is 15.1. The van der Waals surface area contributed by atoms with Gasteiger partial charge in [0.2, 0.25) is 0 Å². The van der Waals surface area contributed by atoms with Crippen molar-refractivity contribution in [2.45, 2.75) is 6.10 Å². The van der Waals surface area contributed by atoms with E-state index in [9.17, 15) is 4.79 Å². The predicted octanol–water partition coefficient (Wildman–Crippen LogP) is 1.21. The van der Waals surface area contributed by atoms with Gasteiger partial charge in [0, 0.05) is 24.5 Å². The van der Waals surface area contributed by atoms with Crippen LogP contribution in [0.1, 0.15) is 0 Å². The second-order valence-electron chi connectivity index (χ2n) is 5.38. The van der Waals surface area contributed by atoms with Crippen LogP contribution < -0.4 is 5.32 Å². The molecule has 7 heteroatoms. The first-order valence-corrected chi connectivity index (χ1v) is 7.32. The van der Waals surface area contributed by atoms with E-state index in [0.29, 0.717) is 18.8 Å². The number of aromatic nitrogens is 2. The number of hydrogen-bond acceptors (Lipinski definition) is 5. The van der Waals surface area contributed by atoms with Gasteiger partial charge in [-0.3, -0.25) is 9.48 Å². The molecule has 1 unspecified atom stereocenters. The summed E-state index contributed by atoms with van der Waals surface area (Å²) in [5.41, 5.74) is 2.64. The molecule has 1 N–H and O–H groups in total. The Balaban J connectivity index is 1.70. The Labute approximate surface area is 134 Å². The zero-order chi connectivity index (χ0) is 16.2. The number of nitrogens with zero attached hydrogens (tertiary/aromatic N) is 4. The number of rotatable bonds is 3. The van der Waals surface area contributed by atoms with Crippen molar-refractivity contribution in [3.8, 4) is 17.3 Å². The largest absolute Gasteiger partial charge is 0.365 e. The number of carbonyl (C=O) groups excluding carboxylic acids is 1. The van der Waals surface area contributed by atoms with E-state index in [1.807, 2.05) is 43.7 Å². The van der Waals surface area contributed by atoms with Crippen LogP contribution in [-0.4, -0.2) is 46.4 Å². The Bertz CT molecular complexity index is 749. The number of aryl methyl sites for hydroxylation is 1. The van der Waals surface area contributed by atoms with Crippen molar-refractivity contribution in [2.24, 2.45) is 7.05 Å². The maximum Gasteiger partial charge on any atom is 0.255 e. The van der Waals surface area contributed by atoms with Crippen molar-refractivity contribution in [3.63, 3.8) is 0 Å². The molecule has 0 saturated carbocycles. The summed E-state index contributed by atoms with van der Waals surface area (Å²) in [5, 5.41) is 15.9. The molecular formula is C16H17N5O2. The molecule has 1 fully saturated rings. The highest BCUT2D eigenvalue weighted by atomic mass is 16.5. The average molecular weight is 311 g/mol. The minimum atomic E-state index is -0.634. The highest BCUT2D eigenvalue weighted by Gasteiger charge is 2.26. The topological polar surface area (TPSA) is 83.2 Å². The second-order valence-corrected chi connectivity index (χ2v) is 5.38. The van der Waals surface area contributed by atoms with E-state index in [0.717, 1.165) is 11.1 Å². The molecule has 2 heterocycles. The Morgan fingerprint density at radius 2 is 2.35 bits per heavy atom. The summed E-state index contributed by atoms with van der Waals surface area (Å²) in [6.45, 7) is 1.18. The number of ether oxygens (including phenoxy) is 1. The lowest BCUT2D eigenvalue weighted by Gasteiger charge is -2.28. The van der Waals surface area contributed by atoms with Crippen LogP contribution in [0, 0.1) is 11.5 Å². The van der Waals surface area contributed by atoms with Gasteiger partial charge in [0.05, 0.1) is 25.9 Å². The molecule has 7 nitrogen and oxygen atoms in total. The monoisotopic (exact) mass is 311 g/mol. The minimum Gasteiger partial charge on any atom is -0.365 e. The molecule has 2 aromatic rings. The van der Waals surface area contributed by atoms with Crippen LogP contribution in [0.4, 0.5) is 5.69 Å². The third kappa shape index (κ3) is 3.49. The molecule has 0 bridgehead atoms. The summed E-state index contributed by atoms with van der Waals surface area (Å²) in [4.78, 5) is 13.8. The van der Waals surface area contributed by atoms with Gasteiger partial charge in [-0.25, -0.2) is 0 Å². The molecule has 0 radical (unpaired) electrons. The van der Waals surface area contributed by atoms with E-state index in [1.54, 1.807) is 10.9 Å². The first-order chi connectivity index (χ1) is 11.2. The predicted molar refractivity (Wildman–Crippen MR) is 84.2 cm³/mol. The molecule has 118 valence electrons. The SMILES string of the molecule is Cn1cc(-c2cccc(NC(=O)C3CN(C#N)CCO3)c2)cn1. The van der Waals surface area contributed by atoms with Crippen LogP contribution in [0.2, 0.25) is 0 Å². The highest BCUT2D eigenvalue weighted by molar-refractivity contribution is 5.95. The fraction of sp³-hybridized carbons (Fsp3) is 0.312. The van der Waals surface area contributed by atoms with E-state index in [4.69, 9.17) is 10.00 Å². The molecule has 3 rings (SSSR count). The van der Waals surface area contributed by atoms with E-state index in [-0.39, 0.29) is 12.5 Å². The number of morpholine rings is 1. The number of anilines is 1. The van der Waals surface area contributed by atoms with Crippen LogP contribution in [0.3, 0.4) is 0 Å². The molecule has 1 aliphatic rings. The third-order valence-electron chi connectivity index (χ3n) is 3.67. The highest BCUT2D eigenvalue weighted by Crippen LogP contribution is 2.22. The van der Waals surface area contributed by atoms with Gasteiger partial charge in [-0.05, 0) is 17.7 Å². The zero-order valence-corrected chi connectivity index (χ0v) is 12.8. The molecule has 0 spiro atoms. The first-order valence-electron chi connectivity index (χ1n) is 7.32. The van der Waals surface area contributed by atoms with Gasteiger partial charge in [0.25, 0.3) is 5.91 Å². The van der Waals surface area contributed by atoms with Crippen molar-refractivity contribution in [1.82, 2.24) is 14.7 Å². The third-order valence-corrected chi connectivity index (χ3v) is 3.67. The molecule has 1 aromatic carbocycles. The smallest absolute Gasteiger partial charge is 0.255 e. The molecule has 23 heavy (non-hydrogen) atoms. The lowest BCUT2D eigenvalue weighted by molar-refractivity contribution is -0.131. The van der Waals surface area contributed by atoms with Gasteiger partial charge in [0.1, 0.15) is 0 Å². The molecule has 1 aliphatic heterocycles. The lowest BCUT2D eigenvalue weighted by atomic mass is 10.1. The van der Waals surface area contributed by atoms with Crippen LogP contribution in [0.25, 0.3) is 11.1 Å². The van der Waals surface area contributed by atoms with Gasteiger partial charge in [-0.2, -0.15) is 10.4 Å². The van der Waals surface area contributed by atoms with Gasteiger partial charge in [-0.1, -0.05) is 12.1 Å². The number of amides is 1. The van der Waals surface area contributed by atoms with Gasteiger partial charge in [0.15, 0.2) is 12.3 Å². The van der Waals surface area contributed by atoms with Crippen molar-refractivity contribution < 1.29 is 9.53 Å². The van der Waals surface area contributed by atoms with E-state index >= 15 is 0 Å². The molecule has 1 saturated heterocycles. The maximum absolute atomic E-state index is 12.3. The van der Waals surface area contributed by atoms with Crippen molar-refractivity contribution in [3.05, 3.63) is 36.7 Å². The molecule has 1 amide bonds. The van der Waals surface area contributed by atoms with Crippen LogP contribution in [-0.2, 0) is 16.6 Å². The quantitative estimate of drug-likeness (QED) is 0.861. The molecular weight excluding hydrogens is 294 g/mol. The van der Waals surface area contributed by atoms with Gasteiger partial charge < -0.3 is 15.0 Å². The Morgan fingerprint density at radius 1 is 1.48 bits per heavy atom. The summed E-state index contributed by atoms with van der Waals surface area (Å²) in [5.74, 6) is -0.242.